The quantitative estimate of drug-likeness (QED) is 0.476. The van der Waals surface area contributed by atoms with Crippen molar-refractivity contribution in [2.45, 2.75) is 93.9 Å². The molecule has 0 N–H and O–H groups in total. The number of allylic oxidation sites excluding steroid dienone is 8. The minimum atomic E-state index is 0.131. The van der Waals surface area contributed by atoms with Crippen LogP contribution in [0.3, 0.4) is 0 Å². The van der Waals surface area contributed by atoms with Gasteiger partial charge in [0.1, 0.15) is 0 Å². The third-order valence-electron chi connectivity index (χ3n) is 6.05. The van der Waals surface area contributed by atoms with E-state index in [2.05, 4.69) is 41.5 Å². The van der Waals surface area contributed by atoms with Crippen molar-refractivity contribution in [1.82, 2.24) is 0 Å². The Morgan fingerprint density at radius 1 is 0.714 bits per heavy atom. The largest absolute Gasteiger partial charge is 0.295 e. The summed E-state index contributed by atoms with van der Waals surface area (Å²) in [5, 5.41) is 0. The van der Waals surface area contributed by atoms with Gasteiger partial charge in [0, 0.05) is 0 Å². The van der Waals surface area contributed by atoms with Gasteiger partial charge in [0.15, 0.2) is 11.6 Å². The average Bonchev–Trinajstić information content (AvgIpc) is 2.52. The van der Waals surface area contributed by atoms with Gasteiger partial charge in [-0.15, -0.1) is 0 Å². The van der Waals surface area contributed by atoms with E-state index in [9.17, 15) is 9.59 Å². The Bertz CT molecular complexity index is 647. The normalized spacial score (nSPS) is 21.7. The lowest BCUT2D eigenvalue weighted by Crippen LogP contribution is -2.19. The van der Waals surface area contributed by atoms with Gasteiger partial charge < -0.3 is 0 Å². The van der Waals surface area contributed by atoms with E-state index in [1.165, 1.54) is 60.8 Å². The molecule has 28 heavy (non-hydrogen) atoms. The monoisotopic (exact) mass is 384 g/mol. The highest BCUT2D eigenvalue weighted by atomic mass is 16.1. The highest BCUT2D eigenvalue weighted by Gasteiger charge is 2.27. The molecule has 0 aliphatic heterocycles. The fourth-order valence-electron chi connectivity index (χ4n) is 4.42. The van der Waals surface area contributed by atoms with Crippen LogP contribution in [0, 0.1) is 10.8 Å². The molecule has 2 nitrogen and oxygen atoms in total. The van der Waals surface area contributed by atoms with Gasteiger partial charge in [-0.1, -0.05) is 51.0 Å². The molecule has 0 saturated heterocycles. The van der Waals surface area contributed by atoms with Crippen LogP contribution in [-0.2, 0) is 9.59 Å². The molecule has 2 aliphatic carbocycles. The molecule has 2 aliphatic rings. The maximum atomic E-state index is 10.9. The van der Waals surface area contributed by atoms with Crippen molar-refractivity contribution in [3.8, 4) is 0 Å². The van der Waals surface area contributed by atoms with E-state index in [1.54, 1.807) is 26.0 Å². The second-order valence-electron chi connectivity index (χ2n) is 9.75. The van der Waals surface area contributed by atoms with Crippen LogP contribution < -0.4 is 0 Å². The predicted molar refractivity (Wildman–Crippen MR) is 120 cm³/mol. The number of rotatable bonds is 4. The summed E-state index contributed by atoms with van der Waals surface area (Å²) in [6, 6.07) is 0. The second-order valence-corrected chi connectivity index (χ2v) is 9.75. The van der Waals surface area contributed by atoms with Gasteiger partial charge in [0.2, 0.25) is 0 Å². The standard InChI is InChI=1S/2C13H20O/c2*1-10-6-5-9-13(3,4)12(10)8-7-11(2)14/h2*7-8H,5-6,9H2,1-4H3. The Hall–Kier alpha value is -1.70. The molecular weight excluding hydrogens is 344 g/mol. The summed E-state index contributed by atoms with van der Waals surface area (Å²) in [6.07, 6.45) is 14.8. The van der Waals surface area contributed by atoms with E-state index in [-0.39, 0.29) is 22.4 Å². The van der Waals surface area contributed by atoms with Crippen molar-refractivity contribution >= 4 is 11.6 Å². The molecule has 0 aromatic heterocycles. The molecule has 0 amide bonds. The Morgan fingerprint density at radius 2 is 1.04 bits per heavy atom. The van der Waals surface area contributed by atoms with Crippen molar-refractivity contribution in [3.05, 3.63) is 46.6 Å². The second kappa shape index (κ2) is 10.2. The number of hydrogen-bond acceptors (Lipinski definition) is 2. The lowest BCUT2D eigenvalue weighted by Gasteiger charge is -2.32. The van der Waals surface area contributed by atoms with Gasteiger partial charge in [-0.2, -0.15) is 0 Å². The van der Waals surface area contributed by atoms with E-state index in [4.69, 9.17) is 0 Å². The van der Waals surface area contributed by atoms with Crippen LogP contribution in [-0.4, -0.2) is 11.6 Å². The zero-order valence-electron chi connectivity index (χ0n) is 19.4. The molecule has 0 atom stereocenters. The molecule has 0 bridgehead atoms. The lowest BCUT2D eigenvalue weighted by atomic mass is 9.72. The molecular formula is C26H40O2. The molecule has 0 unspecified atom stereocenters. The van der Waals surface area contributed by atoms with Crippen molar-refractivity contribution in [2.75, 3.05) is 0 Å². The number of hydrogen-bond donors (Lipinski definition) is 0. The topological polar surface area (TPSA) is 34.1 Å². The first-order chi connectivity index (χ1) is 12.9. The van der Waals surface area contributed by atoms with Crippen molar-refractivity contribution < 1.29 is 9.59 Å². The summed E-state index contributed by atoms with van der Waals surface area (Å²) in [4.78, 5) is 21.8. The maximum absolute atomic E-state index is 10.9. The Labute approximate surface area is 172 Å². The van der Waals surface area contributed by atoms with Crippen LogP contribution in [0.15, 0.2) is 46.6 Å². The summed E-state index contributed by atoms with van der Waals surface area (Å²) in [5.74, 6) is 0.262. The van der Waals surface area contributed by atoms with Crippen LogP contribution in [0.2, 0.25) is 0 Å². The molecule has 0 aromatic rings. The molecule has 0 fully saturated rings. The Morgan fingerprint density at radius 3 is 1.29 bits per heavy atom. The number of carbonyl (C=O) groups is 2. The van der Waals surface area contributed by atoms with Crippen LogP contribution in [0.1, 0.15) is 93.9 Å². The third kappa shape index (κ3) is 7.37. The van der Waals surface area contributed by atoms with Crippen LogP contribution in [0.25, 0.3) is 0 Å². The Kier molecular flexibility index (Phi) is 8.85. The summed E-state index contributed by atoms with van der Waals surface area (Å²) in [5.41, 5.74) is 6.10. The van der Waals surface area contributed by atoms with Gasteiger partial charge in [-0.05, 0) is 100 Å². The molecule has 0 heterocycles. The molecule has 0 saturated carbocycles. The van der Waals surface area contributed by atoms with Gasteiger partial charge in [0.25, 0.3) is 0 Å². The minimum absolute atomic E-state index is 0.131. The number of carbonyl (C=O) groups excluding carboxylic acids is 2. The highest BCUT2D eigenvalue weighted by Crippen LogP contribution is 2.41. The van der Waals surface area contributed by atoms with Crippen LogP contribution >= 0.6 is 0 Å². The van der Waals surface area contributed by atoms with E-state index < -0.39 is 0 Å². The summed E-state index contributed by atoms with van der Waals surface area (Å²) < 4.78 is 0. The van der Waals surface area contributed by atoms with E-state index >= 15 is 0 Å². The molecule has 156 valence electrons. The smallest absolute Gasteiger partial charge is 0.152 e. The molecule has 2 rings (SSSR count). The minimum Gasteiger partial charge on any atom is -0.295 e. The van der Waals surface area contributed by atoms with E-state index in [0.717, 1.165) is 0 Å². The fourth-order valence-corrected chi connectivity index (χ4v) is 4.42. The SMILES string of the molecule is CC(=O)C=CC1=C(C)CCCC1(C)C.CC(=O)C=CC1=C(C)CCCC1(C)C. The number of ketones is 2. The highest BCUT2D eigenvalue weighted by molar-refractivity contribution is 5.88. The average molecular weight is 385 g/mol. The van der Waals surface area contributed by atoms with Crippen LogP contribution in [0.5, 0.6) is 0 Å². The maximum Gasteiger partial charge on any atom is 0.152 e. The van der Waals surface area contributed by atoms with Gasteiger partial charge >= 0.3 is 0 Å². The first-order valence-corrected chi connectivity index (χ1v) is 10.6. The van der Waals surface area contributed by atoms with Gasteiger partial charge in [0.05, 0.1) is 0 Å². The van der Waals surface area contributed by atoms with Crippen molar-refractivity contribution in [1.29, 1.82) is 0 Å². The molecule has 0 radical (unpaired) electrons. The molecule has 0 aromatic carbocycles. The summed E-state index contributed by atoms with van der Waals surface area (Å²) in [6.45, 7) is 16.6. The zero-order valence-corrected chi connectivity index (χ0v) is 19.4. The van der Waals surface area contributed by atoms with E-state index in [1.807, 2.05) is 12.2 Å². The van der Waals surface area contributed by atoms with Gasteiger partial charge in [-0.25, -0.2) is 0 Å². The zero-order chi connectivity index (χ0) is 21.5. The van der Waals surface area contributed by atoms with Crippen molar-refractivity contribution in [3.63, 3.8) is 0 Å². The molecule has 2 heteroatoms. The Balaban J connectivity index is 0.000000280. The van der Waals surface area contributed by atoms with Crippen molar-refractivity contribution in [2.24, 2.45) is 10.8 Å². The summed E-state index contributed by atoms with van der Waals surface area (Å²) in [7, 11) is 0. The first-order valence-electron chi connectivity index (χ1n) is 10.6. The molecule has 0 spiro atoms. The van der Waals surface area contributed by atoms with Gasteiger partial charge in [-0.3, -0.25) is 9.59 Å². The van der Waals surface area contributed by atoms with E-state index in [0.29, 0.717) is 0 Å². The fraction of sp³-hybridized carbons (Fsp3) is 0.615. The summed E-state index contributed by atoms with van der Waals surface area (Å²) >= 11 is 0. The third-order valence-corrected chi connectivity index (χ3v) is 6.05. The first kappa shape index (κ1) is 24.3. The van der Waals surface area contributed by atoms with Crippen LogP contribution in [0.4, 0.5) is 0 Å². The lowest BCUT2D eigenvalue weighted by molar-refractivity contribution is -0.113. The predicted octanol–water partition coefficient (Wildman–Crippen LogP) is 7.32.